The molecular weight excluding hydrogens is 339 g/mol. The van der Waals surface area contributed by atoms with Gasteiger partial charge in [-0.25, -0.2) is 5.43 Å². The number of benzene rings is 1. The first kappa shape index (κ1) is 16.9. The second kappa shape index (κ2) is 7.71. The number of aromatic nitrogens is 1. The summed E-state index contributed by atoms with van der Waals surface area (Å²) in [5.41, 5.74) is 3.87. The summed E-state index contributed by atoms with van der Waals surface area (Å²) in [5.74, 6) is -1.76. The molecule has 23 heavy (non-hydrogen) atoms. The highest BCUT2D eigenvalue weighted by molar-refractivity contribution is 6.43. The van der Waals surface area contributed by atoms with Crippen molar-refractivity contribution >= 4 is 46.4 Å². The number of hydrazone groups is 1. The predicted octanol–water partition coefficient (Wildman–Crippen LogP) is 2.87. The Morgan fingerprint density at radius 1 is 1.04 bits per heavy atom. The van der Waals surface area contributed by atoms with E-state index in [2.05, 4.69) is 20.8 Å². The lowest BCUT2D eigenvalue weighted by atomic mass is 10.2. The third kappa shape index (κ3) is 4.77. The van der Waals surface area contributed by atoms with Gasteiger partial charge in [-0.1, -0.05) is 23.2 Å². The van der Waals surface area contributed by atoms with Crippen LogP contribution < -0.4 is 10.7 Å². The van der Waals surface area contributed by atoms with Crippen molar-refractivity contribution in [2.75, 3.05) is 5.32 Å². The number of nitrogens with one attached hydrogen (secondary N) is 2. The van der Waals surface area contributed by atoms with Crippen LogP contribution in [0.5, 0.6) is 0 Å². The fourth-order valence-electron chi connectivity index (χ4n) is 1.60. The molecule has 0 saturated carbocycles. The summed E-state index contributed by atoms with van der Waals surface area (Å²) in [7, 11) is 0. The van der Waals surface area contributed by atoms with E-state index in [9.17, 15) is 9.59 Å². The van der Waals surface area contributed by atoms with Crippen LogP contribution in [-0.4, -0.2) is 22.5 Å². The quantitative estimate of drug-likeness (QED) is 0.507. The van der Waals surface area contributed by atoms with Gasteiger partial charge in [-0.2, -0.15) is 5.10 Å². The number of carbonyl (C=O) groups is 2. The minimum absolute atomic E-state index is 0.274. The van der Waals surface area contributed by atoms with Crippen LogP contribution in [0.25, 0.3) is 0 Å². The van der Waals surface area contributed by atoms with Crippen LogP contribution in [0.4, 0.5) is 5.69 Å². The predicted molar refractivity (Wildman–Crippen MR) is 89.7 cm³/mol. The Morgan fingerprint density at radius 2 is 1.74 bits per heavy atom. The molecule has 0 aliphatic heterocycles. The Hall–Kier alpha value is -2.44. The van der Waals surface area contributed by atoms with E-state index in [0.717, 1.165) is 5.56 Å². The van der Waals surface area contributed by atoms with E-state index in [-0.39, 0.29) is 5.02 Å². The molecule has 0 unspecified atom stereocenters. The van der Waals surface area contributed by atoms with Gasteiger partial charge >= 0.3 is 11.8 Å². The lowest BCUT2D eigenvalue weighted by molar-refractivity contribution is -0.136. The van der Waals surface area contributed by atoms with Crippen LogP contribution in [-0.2, 0) is 9.59 Å². The Balaban J connectivity index is 1.97. The molecule has 8 heteroatoms. The Morgan fingerprint density at radius 3 is 2.39 bits per heavy atom. The lowest BCUT2D eigenvalue weighted by Gasteiger charge is -2.06. The van der Waals surface area contributed by atoms with Gasteiger partial charge in [0.25, 0.3) is 0 Å². The number of anilines is 1. The number of halogens is 2. The molecule has 0 saturated heterocycles. The standard InChI is InChI=1S/C15H12Cl2N4O2/c1-9(10-4-6-18-7-5-10)20-21-15(23)14(22)19-11-2-3-12(16)13(17)8-11/h2-8H,1H3,(H,19,22)(H,21,23)/b20-9+. The van der Waals surface area contributed by atoms with Crippen molar-refractivity contribution in [3.8, 4) is 0 Å². The third-order valence-electron chi connectivity index (χ3n) is 2.81. The Bertz CT molecular complexity index is 763. The topological polar surface area (TPSA) is 83.5 Å². The highest BCUT2D eigenvalue weighted by Crippen LogP contribution is 2.24. The summed E-state index contributed by atoms with van der Waals surface area (Å²) in [4.78, 5) is 27.4. The van der Waals surface area contributed by atoms with E-state index in [1.54, 1.807) is 31.5 Å². The summed E-state index contributed by atoms with van der Waals surface area (Å²) in [6.45, 7) is 1.70. The zero-order valence-electron chi connectivity index (χ0n) is 12.0. The maximum absolute atomic E-state index is 11.8. The number of rotatable bonds is 3. The van der Waals surface area contributed by atoms with Gasteiger partial charge in [0.1, 0.15) is 0 Å². The molecule has 0 fully saturated rings. The number of carbonyl (C=O) groups excluding carboxylic acids is 2. The monoisotopic (exact) mass is 350 g/mol. The second-order valence-corrected chi connectivity index (χ2v) is 5.27. The molecule has 1 heterocycles. The van der Waals surface area contributed by atoms with E-state index in [0.29, 0.717) is 16.4 Å². The van der Waals surface area contributed by atoms with Crippen molar-refractivity contribution in [1.29, 1.82) is 0 Å². The first-order valence-electron chi connectivity index (χ1n) is 6.48. The van der Waals surface area contributed by atoms with Gasteiger partial charge in [-0.15, -0.1) is 0 Å². The van der Waals surface area contributed by atoms with Gasteiger partial charge in [0.05, 0.1) is 15.8 Å². The first-order chi connectivity index (χ1) is 11.0. The normalized spacial score (nSPS) is 11.0. The van der Waals surface area contributed by atoms with E-state index in [1.807, 2.05) is 0 Å². The molecule has 1 aromatic heterocycles. The summed E-state index contributed by atoms with van der Waals surface area (Å²) >= 11 is 11.6. The second-order valence-electron chi connectivity index (χ2n) is 4.46. The number of nitrogens with zero attached hydrogens (tertiary/aromatic N) is 2. The van der Waals surface area contributed by atoms with Crippen molar-refractivity contribution < 1.29 is 9.59 Å². The van der Waals surface area contributed by atoms with E-state index < -0.39 is 11.8 Å². The minimum Gasteiger partial charge on any atom is -0.318 e. The van der Waals surface area contributed by atoms with E-state index in [4.69, 9.17) is 23.2 Å². The Labute approximate surface area is 142 Å². The molecule has 0 atom stereocenters. The van der Waals surface area contributed by atoms with Crippen molar-refractivity contribution in [3.05, 3.63) is 58.3 Å². The van der Waals surface area contributed by atoms with E-state index >= 15 is 0 Å². The van der Waals surface area contributed by atoms with E-state index in [1.165, 1.54) is 18.2 Å². The number of hydrogen-bond donors (Lipinski definition) is 2. The highest BCUT2D eigenvalue weighted by atomic mass is 35.5. The summed E-state index contributed by atoms with van der Waals surface area (Å²) in [6, 6.07) is 7.97. The molecule has 6 nitrogen and oxygen atoms in total. The van der Waals surface area contributed by atoms with Crippen LogP contribution in [0.1, 0.15) is 12.5 Å². The number of amides is 2. The average molecular weight is 351 g/mol. The van der Waals surface area contributed by atoms with Crippen molar-refractivity contribution in [2.45, 2.75) is 6.92 Å². The molecule has 2 amide bonds. The van der Waals surface area contributed by atoms with Crippen LogP contribution >= 0.6 is 23.2 Å². The molecule has 0 bridgehead atoms. The van der Waals surface area contributed by atoms with Gasteiger partial charge < -0.3 is 5.32 Å². The number of hydrogen-bond acceptors (Lipinski definition) is 4. The fourth-order valence-corrected chi connectivity index (χ4v) is 1.90. The molecule has 0 spiro atoms. The molecule has 0 aliphatic rings. The zero-order valence-corrected chi connectivity index (χ0v) is 13.5. The smallest absolute Gasteiger partial charge is 0.318 e. The number of pyridine rings is 1. The van der Waals surface area contributed by atoms with Crippen LogP contribution in [0.15, 0.2) is 47.8 Å². The van der Waals surface area contributed by atoms with Crippen molar-refractivity contribution in [1.82, 2.24) is 10.4 Å². The van der Waals surface area contributed by atoms with Crippen molar-refractivity contribution in [2.24, 2.45) is 5.10 Å². The van der Waals surface area contributed by atoms with Gasteiger partial charge in [0, 0.05) is 23.6 Å². The SMILES string of the molecule is C/C(=N\NC(=O)C(=O)Nc1ccc(Cl)c(Cl)c1)c1ccncc1. The van der Waals surface area contributed by atoms with Crippen LogP contribution in [0, 0.1) is 0 Å². The zero-order chi connectivity index (χ0) is 16.8. The third-order valence-corrected chi connectivity index (χ3v) is 3.55. The molecule has 1 aromatic carbocycles. The van der Waals surface area contributed by atoms with Crippen LogP contribution in [0.3, 0.4) is 0 Å². The molecule has 2 rings (SSSR count). The molecule has 0 aliphatic carbocycles. The van der Waals surface area contributed by atoms with Gasteiger partial charge in [-0.05, 0) is 37.3 Å². The van der Waals surface area contributed by atoms with Crippen LogP contribution in [0.2, 0.25) is 10.0 Å². The molecule has 0 radical (unpaired) electrons. The maximum atomic E-state index is 11.8. The molecule has 2 aromatic rings. The fraction of sp³-hybridized carbons (Fsp3) is 0.0667. The first-order valence-corrected chi connectivity index (χ1v) is 7.24. The summed E-state index contributed by atoms with van der Waals surface area (Å²) in [6.07, 6.45) is 3.21. The summed E-state index contributed by atoms with van der Waals surface area (Å²) in [5, 5.41) is 6.90. The Kier molecular flexibility index (Phi) is 5.67. The maximum Gasteiger partial charge on any atom is 0.329 e. The van der Waals surface area contributed by atoms with Gasteiger partial charge in [0.15, 0.2) is 0 Å². The van der Waals surface area contributed by atoms with Crippen molar-refractivity contribution in [3.63, 3.8) is 0 Å². The largest absolute Gasteiger partial charge is 0.329 e. The highest BCUT2D eigenvalue weighted by Gasteiger charge is 2.14. The van der Waals surface area contributed by atoms with Gasteiger partial charge in [0.2, 0.25) is 0 Å². The molecular formula is C15H12Cl2N4O2. The average Bonchev–Trinajstić information content (AvgIpc) is 2.56. The van der Waals surface area contributed by atoms with Gasteiger partial charge in [-0.3, -0.25) is 14.6 Å². The summed E-state index contributed by atoms with van der Waals surface area (Å²) < 4.78 is 0. The lowest BCUT2D eigenvalue weighted by Crippen LogP contribution is -2.32. The molecule has 118 valence electrons. The molecule has 2 N–H and O–H groups in total. The minimum atomic E-state index is -0.899.